The maximum Gasteiger partial charge on any atom is 0.337 e. The van der Waals surface area contributed by atoms with Gasteiger partial charge in [-0.05, 0) is 12.1 Å². The fraction of sp³-hybridized carbons (Fsp3) is 0.0909. The van der Waals surface area contributed by atoms with Crippen molar-refractivity contribution in [1.29, 1.82) is 0 Å². The molecule has 0 aliphatic rings. The fourth-order valence-electron chi connectivity index (χ4n) is 1.05. The minimum absolute atomic E-state index is 0.00414. The molecular formula is C11H8ClNO3. The van der Waals surface area contributed by atoms with Crippen LogP contribution in [0.1, 0.15) is 22.3 Å². The molecule has 0 heterocycles. The van der Waals surface area contributed by atoms with Crippen molar-refractivity contribution >= 4 is 23.5 Å². The normalized spacial score (nSPS) is 9.06. The Kier molecular flexibility index (Phi) is 3.92. The van der Waals surface area contributed by atoms with Gasteiger partial charge in [-0.1, -0.05) is 29.5 Å². The van der Waals surface area contributed by atoms with E-state index < -0.39 is 11.9 Å². The number of carbonyl (C=O) groups excluding carboxylic acids is 1. The van der Waals surface area contributed by atoms with Crippen molar-refractivity contribution in [2.45, 2.75) is 6.42 Å². The van der Waals surface area contributed by atoms with Gasteiger partial charge in [0.15, 0.2) is 0 Å². The van der Waals surface area contributed by atoms with Crippen LogP contribution in [0, 0.1) is 11.8 Å². The molecule has 0 fully saturated rings. The Morgan fingerprint density at radius 3 is 2.69 bits per heavy atom. The number of hydrogen-bond donors (Lipinski definition) is 2. The smallest absolute Gasteiger partial charge is 0.337 e. The zero-order valence-electron chi connectivity index (χ0n) is 8.16. The van der Waals surface area contributed by atoms with E-state index in [0.29, 0.717) is 0 Å². The summed E-state index contributed by atoms with van der Waals surface area (Å²) >= 11 is 5.81. The second kappa shape index (κ2) is 5.19. The van der Waals surface area contributed by atoms with Crippen molar-refractivity contribution in [3.05, 3.63) is 34.3 Å². The molecule has 0 aliphatic heterocycles. The lowest BCUT2D eigenvalue weighted by atomic mass is 10.1. The number of rotatable bonds is 2. The Morgan fingerprint density at radius 2 is 2.12 bits per heavy atom. The molecule has 0 unspecified atom stereocenters. The van der Waals surface area contributed by atoms with Gasteiger partial charge in [0.25, 0.3) is 0 Å². The Labute approximate surface area is 97.0 Å². The summed E-state index contributed by atoms with van der Waals surface area (Å²) in [6.07, 6.45) is -0.135. The molecule has 0 radical (unpaired) electrons. The third-order valence-electron chi connectivity index (χ3n) is 1.72. The summed E-state index contributed by atoms with van der Waals surface area (Å²) in [7, 11) is 0. The van der Waals surface area contributed by atoms with Gasteiger partial charge in [0.05, 0.1) is 22.6 Å². The van der Waals surface area contributed by atoms with Crippen molar-refractivity contribution < 1.29 is 14.7 Å². The maximum absolute atomic E-state index is 10.9. The molecular weight excluding hydrogens is 230 g/mol. The Bertz CT molecular complexity index is 500. The molecule has 3 N–H and O–H groups in total. The summed E-state index contributed by atoms with van der Waals surface area (Å²) in [5.74, 6) is 3.30. The van der Waals surface area contributed by atoms with Crippen LogP contribution in [-0.2, 0) is 4.79 Å². The summed E-state index contributed by atoms with van der Waals surface area (Å²) in [5, 5.41) is 9.11. The molecule has 1 amide bonds. The number of amides is 1. The topological polar surface area (TPSA) is 80.4 Å². The number of carboxylic acids is 1. The van der Waals surface area contributed by atoms with Gasteiger partial charge in [0.1, 0.15) is 0 Å². The van der Waals surface area contributed by atoms with Gasteiger partial charge in [-0.25, -0.2) is 4.79 Å². The van der Waals surface area contributed by atoms with E-state index >= 15 is 0 Å². The Morgan fingerprint density at radius 1 is 1.44 bits per heavy atom. The average Bonchev–Trinajstić information content (AvgIpc) is 2.19. The lowest BCUT2D eigenvalue weighted by Gasteiger charge is -2.00. The highest BCUT2D eigenvalue weighted by Gasteiger charge is 2.10. The number of halogens is 1. The summed E-state index contributed by atoms with van der Waals surface area (Å²) < 4.78 is 0. The first kappa shape index (κ1) is 12.1. The number of aromatic carboxylic acids is 1. The standard InChI is InChI=1S/C11H8ClNO3/c12-9-5-1-4-8(11(15)16)7(9)3-2-6-10(13)14/h1,4-5H,6H2,(H2,13,14)(H,15,16). The molecule has 1 aromatic rings. The number of benzene rings is 1. The van der Waals surface area contributed by atoms with Gasteiger partial charge < -0.3 is 10.8 Å². The highest BCUT2D eigenvalue weighted by Crippen LogP contribution is 2.18. The van der Waals surface area contributed by atoms with Gasteiger partial charge >= 0.3 is 5.97 Å². The molecule has 0 aromatic heterocycles. The number of carbonyl (C=O) groups is 2. The van der Waals surface area contributed by atoms with Crippen LogP contribution >= 0.6 is 11.6 Å². The summed E-state index contributed by atoms with van der Waals surface area (Å²) in [4.78, 5) is 21.3. The van der Waals surface area contributed by atoms with Crippen LogP contribution in [0.5, 0.6) is 0 Å². The number of hydrogen-bond acceptors (Lipinski definition) is 2. The Balaban J connectivity index is 3.14. The molecule has 0 aliphatic carbocycles. The molecule has 16 heavy (non-hydrogen) atoms. The molecule has 0 spiro atoms. The van der Waals surface area contributed by atoms with Crippen LogP contribution < -0.4 is 5.73 Å². The van der Waals surface area contributed by atoms with Crippen LogP contribution in [0.4, 0.5) is 0 Å². The first-order chi connectivity index (χ1) is 7.52. The molecule has 4 nitrogen and oxygen atoms in total. The Hall–Kier alpha value is -1.99. The van der Waals surface area contributed by atoms with Crippen LogP contribution in [0.25, 0.3) is 0 Å². The SMILES string of the molecule is NC(=O)CC#Cc1c(Cl)cccc1C(=O)O. The van der Waals surface area contributed by atoms with E-state index in [9.17, 15) is 9.59 Å². The van der Waals surface area contributed by atoms with Crippen LogP contribution in [0.3, 0.4) is 0 Å². The maximum atomic E-state index is 10.9. The number of nitrogens with two attached hydrogens (primary N) is 1. The van der Waals surface area contributed by atoms with Crippen molar-refractivity contribution in [2.75, 3.05) is 0 Å². The second-order valence-electron chi connectivity index (χ2n) is 2.91. The van der Waals surface area contributed by atoms with Crippen LogP contribution in [-0.4, -0.2) is 17.0 Å². The monoisotopic (exact) mass is 237 g/mol. The molecule has 1 rings (SSSR count). The van der Waals surface area contributed by atoms with Crippen LogP contribution in [0.2, 0.25) is 5.02 Å². The lowest BCUT2D eigenvalue weighted by molar-refractivity contribution is -0.117. The molecule has 5 heteroatoms. The van der Waals surface area contributed by atoms with Crippen molar-refractivity contribution in [2.24, 2.45) is 5.73 Å². The van der Waals surface area contributed by atoms with E-state index in [1.165, 1.54) is 18.2 Å². The highest BCUT2D eigenvalue weighted by molar-refractivity contribution is 6.32. The average molecular weight is 238 g/mol. The van der Waals surface area contributed by atoms with Gasteiger partial charge in [-0.2, -0.15) is 0 Å². The minimum atomic E-state index is -1.12. The van der Waals surface area contributed by atoms with E-state index in [4.69, 9.17) is 22.4 Å². The van der Waals surface area contributed by atoms with Gasteiger partial charge in [0.2, 0.25) is 5.91 Å². The quantitative estimate of drug-likeness (QED) is 0.760. The molecule has 0 saturated carbocycles. The highest BCUT2D eigenvalue weighted by atomic mass is 35.5. The number of carboxylic acid groups (broad SMARTS) is 1. The van der Waals surface area contributed by atoms with E-state index in [2.05, 4.69) is 11.8 Å². The van der Waals surface area contributed by atoms with Crippen molar-refractivity contribution in [3.8, 4) is 11.8 Å². The predicted octanol–water partition coefficient (Wildman–Crippen LogP) is 1.27. The van der Waals surface area contributed by atoms with Crippen LogP contribution in [0.15, 0.2) is 18.2 Å². The third kappa shape index (κ3) is 3.01. The fourth-order valence-corrected chi connectivity index (χ4v) is 1.27. The predicted molar refractivity (Wildman–Crippen MR) is 59.1 cm³/mol. The van der Waals surface area contributed by atoms with E-state index in [0.717, 1.165) is 0 Å². The largest absolute Gasteiger partial charge is 0.478 e. The van der Waals surface area contributed by atoms with Gasteiger partial charge in [-0.3, -0.25) is 4.79 Å². The lowest BCUT2D eigenvalue weighted by Crippen LogP contribution is -2.08. The van der Waals surface area contributed by atoms with Crippen molar-refractivity contribution in [1.82, 2.24) is 0 Å². The zero-order valence-corrected chi connectivity index (χ0v) is 8.91. The van der Waals surface area contributed by atoms with Gasteiger partial charge in [0, 0.05) is 0 Å². The molecule has 0 saturated heterocycles. The summed E-state index contributed by atoms with van der Waals surface area (Å²) in [6, 6.07) is 4.44. The molecule has 1 aromatic carbocycles. The summed E-state index contributed by atoms with van der Waals surface area (Å²) in [6.45, 7) is 0. The van der Waals surface area contributed by atoms with E-state index in [1.54, 1.807) is 0 Å². The second-order valence-corrected chi connectivity index (χ2v) is 3.32. The third-order valence-corrected chi connectivity index (χ3v) is 2.03. The van der Waals surface area contributed by atoms with E-state index in [1.807, 2.05) is 0 Å². The van der Waals surface area contributed by atoms with Crippen molar-refractivity contribution in [3.63, 3.8) is 0 Å². The minimum Gasteiger partial charge on any atom is -0.478 e. The molecule has 0 atom stereocenters. The summed E-state index contributed by atoms with van der Waals surface area (Å²) in [5.41, 5.74) is 5.10. The number of primary amides is 1. The zero-order chi connectivity index (χ0) is 12.1. The van der Waals surface area contributed by atoms with Gasteiger partial charge in [-0.15, -0.1) is 0 Å². The molecule has 0 bridgehead atoms. The first-order valence-corrected chi connectivity index (χ1v) is 4.69. The molecule has 82 valence electrons. The first-order valence-electron chi connectivity index (χ1n) is 4.31. The van der Waals surface area contributed by atoms with E-state index in [-0.39, 0.29) is 22.6 Å².